The predicted octanol–water partition coefficient (Wildman–Crippen LogP) is 1.24. The van der Waals surface area contributed by atoms with Crippen LogP contribution < -0.4 is 15.4 Å². The lowest BCUT2D eigenvalue weighted by atomic mass is 10.1. The minimum Gasteiger partial charge on any atom is -0.494 e. The van der Waals surface area contributed by atoms with Crippen LogP contribution in [0.1, 0.15) is 18.4 Å². The van der Waals surface area contributed by atoms with Crippen molar-refractivity contribution in [1.29, 1.82) is 0 Å². The summed E-state index contributed by atoms with van der Waals surface area (Å²) < 4.78 is 18.3. The molecule has 1 atom stereocenters. The molecule has 21 heavy (non-hydrogen) atoms. The standard InChI is InChI=1S/C15H17FN2O3/c1-21-13-5-2-10(8-12(13)16)3-6-15(20)18-11-4-7-14(19)17-9-11/h2-3,5-6,8,11H,4,7,9H2,1H3,(H,17,19)(H,18,20). The molecule has 1 aliphatic heterocycles. The number of rotatable bonds is 4. The zero-order chi connectivity index (χ0) is 15.2. The SMILES string of the molecule is COc1ccc(C=CC(=O)NC2CCC(=O)NC2)cc1F. The molecule has 1 unspecified atom stereocenters. The number of piperidine rings is 1. The van der Waals surface area contributed by atoms with Gasteiger partial charge in [0.05, 0.1) is 7.11 Å². The summed E-state index contributed by atoms with van der Waals surface area (Å²) >= 11 is 0. The van der Waals surface area contributed by atoms with E-state index >= 15 is 0 Å². The summed E-state index contributed by atoms with van der Waals surface area (Å²) in [7, 11) is 1.39. The van der Waals surface area contributed by atoms with Crippen molar-refractivity contribution in [3.63, 3.8) is 0 Å². The number of nitrogens with one attached hydrogen (secondary N) is 2. The van der Waals surface area contributed by atoms with E-state index in [4.69, 9.17) is 4.74 Å². The van der Waals surface area contributed by atoms with E-state index in [-0.39, 0.29) is 23.6 Å². The van der Waals surface area contributed by atoms with Gasteiger partial charge in [-0.3, -0.25) is 9.59 Å². The van der Waals surface area contributed by atoms with E-state index in [9.17, 15) is 14.0 Å². The van der Waals surface area contributed by atoms with E-state index in [1.807, 2.05) is 0 Å². The minimum absolute atomic E-state index is 0.00440. The Balaban J connectivity index is 1.89. The van der Waals surface area contributed by atoms with Gasteiger partial charge in [0.25, 0.3) is 0 Å². The first kappa shape index (κ1) is 15.0. The molecule has 1 aromatic carbocycles. The van der Waals surface area contributed by atoms with Crippen molar-refractivity contribution < 1.29 is 18.7 Å². The highest BCUT2D eigenvalue weighted by atomic mass is 19.1. The summed E-state index contributed by atoms with van der Waals surface area (Å²) in [6.07, 6.45) is 3.91. The van der Waals surface area contributed by atoms with Crippen LogP contribution in [0.2, 0.25) is 0 Å². The quantitative estimate of drug-likeness (QED) is 0.821. The van der Waals surface area contributed by atoms with Crippen molar-refractivity contribution in [2.75, 3.05) is 13.7 Å². The molecule has 2 amide bonds. The fraction of sp³-hybridized carbons (Fsp3) is 0.333. The molecule has 0 aliphatic carbocycles. The number of hydrogen-bond acceptors (Lipinski definition) is 3. The highest BCUT2D eigenvalue weighted by Gasteiger charge is 2.18. The van der Waals surface area contributed by atoms with Gasteiger partial charge in [-0.2, -0.15) is 0 Å². The summed E-state index contributed by atoms with van der Waals surface area (Å²) in [6.45, 7) is 0.440. The van der Waals surface area contributed by atoms with E-state index in [0.29, 0.717) is 24.9 Å². The Morgan fingerprint density at radius 1 is 1.52 bits per heavy atom. The van der Waals surface area contributed by atoms with Gasteiger partial charge in [0.1, 0.15) is 0 Å². The molecule has 1 heterocycles. The molecule has 1 saturated heterocycles. The molecule has 0 spiro atoms. The third-order valence-electron chi connectivity index (χ3n) is 3.21. The monoisotopic (exact) mass is 292 g/mol. The van der Waals surface area contributed by atoms with Gasteiger partial charge in [-0.15, -0.1) is 0 Å². The number of halogens is 1. The normalized spacial score (nSPS) is 18.4. The number of hydrogen-bond donors (Lipinski definition) is 2. The molecule has 5 nitrogen and oxygen atoms in total. The third-order valence-corrected chi connectivity index (χ3v) is 3.21. The van der Waals surface area contributed by atoms with Crippen molar-refractivity contribution >= 4 is 17.9 Å². The zero-order valence-electron chi connectivity index (χ0n) is 11.7. The van der Waals surface area contributed by atoms with Crippen LogP contribution in [0.3, 0.4) is 0 Å². The van der Waals surface area contributed by atoms with Gasteiger partial charge in [-0.1, -0.05) is 6.07 Å². The lowest BCUT2D eigenvalue weighted by Gasteiger charge is -2.22. The van der Waals surface area contributed by atoms with Gasteiger partial charge in [0, 0.05) is 25.1 Å². The van der Waals surface area contributed by atoms with E-state index in [1.165, 1.54) is 31.4 Å². The molecule has 1 aromatic rings. The Labute approximate surface area is 122 Å². The molecular weight excluding hydrogens is 275 g/mol. The lowest BCUT2D eigenvalue weighted by molar-refractivity contribution is -0.124. The van der Waals surface area contributed by atoms with E-state index < -0.39 is 5.82 Å². The minimum atomic E-state index is -0.477. The van der Waals surface area contributed by atoms with Crippen LogP contribution in [0.15, 0.2) is 24.3 Å². The van der Waals surface area contributed by atoms with Gasteiger partial charge >= 0.3 is 0 Å². The Kier molecular flexibility index (Phi) is 4.92. The Hall–Kier alpha value is -2.37. The maximum Gasteiger partial charge on any atom is 0.244 e. The van der Waals surface area contributed by atoms with Crippen molar-refractivity contribution in [2.24, 2.45) is 0 Å². The van der Waals surface area contributed by atoms with Gasteiger partial charge in [0.2, 0.25) is 11.8 Å². The van der Waals surface area contributed by atoms with E-state index in [1.54, 1.807) is 6.07 Å². The Morgan fingerprint density at radius 3 is 2.95 bits per heavy atom. The molecule has 6 heteroatoms. The second-order valence-corrected chi connectivity index (χ2v) is 4.78. The first-order valence-electron chi connectivity index (χ1n) is 6.67. The van der Waals surface area contributed by atoms with Crippen LogP contribution >= 0.6 is 0 Å². The van der Waals surface area contributed by atoms with Gasteiger partial charge in [-0.25, -0.2) is 4.39 Å². The van der Waals surface area contributed by atoms with Crippen LogP contribution in [-0.4, -0.2) is 31.5 Å². The van der Waals surface area contributed by atoms with Crippen LogP contribution in [0, 0.1) is 5.82 Å². The van der Waals surface area contributed by atoms with Crippen LogP contribution in [0.25, 0.3) is 6.08 Å². The molecule has 2 N–H and O–H groups in total. The van der Waals surface area contributed by atoms with Gasteiger partial charge in [0.15, 0.2) is 11.6 Å². The second kappa shape index (κ2) is 6.88. The van der Waals surface area contributed by atoms with Crippen LogP contribution in [0.5, 0.6) is 5.75 Å². The van der Waals surface area contributed by atoms with E-state index in [0.717, 1.165) is 0 Å². The summed E-state index contributed by atoms with van der Waals surface area (Å²) in [4.78, 5) is 22.8. The lowest BCUT2D eigenvalue weighted by Crippen LogP contribution is -2.47. The number of amides is 2. The molecule has 1 aliphatic rings. The molecular formula is C15H17FN2O3. The number of ether oxygens (including phenoxy) is 1. The summed E-state index contributed by atoms with van der Waals surface area (Å²) in [5.41, 5.74) is 0.570. The molecule has 0 bridgehead atoms. The number of benzene rings is 1. The zero-order valence-corrected chi connectivity index (χ0v) is 11.7. The van der Waals surface area contributed by atoms with Gasteiger partial charge in [-0.05, 0) is 30.2 Å². The average molecular weight is 292 g/mol. The molecule has 2 rings (SSSR count). The fourth-order valence-electron chi connectivity index (χ4n) is 2.06. The average Bonchev–Trinajstić information content (AvgIpc) is 2.48. The molecule has 112 valence electrons. The van der Waals surface area contributed by atoms with Crippen LogP contribution in [0.4, 0.5) is 4.39 Å². The van der Waals surface area contributed by atoms with Crippen molar-refractivity contribution in [2.45, 2.75) is 18.9 Å². The first-order chi connectivity index (χ1) is 10.1. The maximum atomic E-state index is 13.5. The summed E-state index contributed by atoms with van der Waals surface area (Å²) in [5.74, 6) is -0.582. The topological polar surface area (TPSA) is 67.4 Å². The largest absolute Gasteiger partial charge is 0.494 e. The van der Waals surface area contributed by atoms with E-state index in [2.05, 4.69) is 10.6 Å². The van der Waals surface area contributed by atoms with Crippen molar-refractivity contribution in [1.82, 2.24) is 10.6 Å². The summed E-state index contributed by atoms with van der Waals surface area (Å²) in [6, 6.07) is 4.40. The molecule has 0 saturated carbocycles. The van der Waals surface area contributed by atoms with Gasteiger partial charge < -0.3 is 15.4 Å². The number of carbonyl (C=O) groups is 2. The summed E-state index contributed by atoms with van der Waals surface area (Å²) in [5, 5.41) is 5.48. The number of methoxy groups -OCH3 is 1. The van der Waals surface area contributed by atoms with Crippen molar-refractivity contribution in [3.05, 3.63) is 35.7 Å². The smallest absolute Gasteiger partial charge is 0.244 e. The maximum absolute atomic E-state index is 13.5. The first-order valence-corrected chi connectivity index (χ1v) is 6.67. The third kappa shape index (κ3) is 4.30. The molecule has 1 fully saturated rings. The fourth-order valence-corrected chi connectivity index (χ4v) is 2.06. The number of carbonyl (C=O) groups excluding carboxylic acids is 2. The van der Waals surface area contributed by atoms with Crippen molar-refractivity contribution in [3.8, 4) is 5.75 Å². The molecule has 0 radical (unpaired) electrons. The second-order valence-electron chi connectivity index (χ2n) is 4.78. The predicted molar refractivity (Wildman–Crippen MR) is 76.2 cm³/mol. The molecule has 0 aromatic heterocycles. The van der Waals surface area contributed by atoms with Crippen LogP contribution in [-0.2, 0) is 9.59 Å². The highest BCUT2D eigenvalue weighted by molar-refractivity contribution is 5.92. The highest BCUT2D eigenvalue weighted by Crippen LogP contribution is 2.18. The Bertz CT molecular complexity index is 562. The Morgan fingerprint density at radius 2 is 2.33 bits per heavy atom.